The van der Waals surface area contributed by atoms with Gasteiger partial charge >= 0.3 is 12.0 Å². The number of primary amides is 1. The number of nitrogens with zero attached hydrogens (tertiary/aromatic N) is 2. The van der Waals surface area contributed by atoms with Gasteiger partial charge in [0.05, 0.1) is 6.61 Å². The minimum absolute atomic E-state index is 0.00698. The number of carbonyl (C=O) groups is 3. The van der Waals surface area contributed by atoms with Crippen molar-refractivity contribution in [2.24, 2.45) is 5.73 Å². The Hall–Kier alpha value is -2.36. The lowest BCUT2D eigenvalue weighted by Crippen LogP contribution is -2.35. The van der Waals surface area contributed by atoms with Gasteiger partial charge in [0.2, 0.25) is 5.91 Å². The largest absolute Gasteiger partial charge is 0.462 e. The van der Waals surface area contributed by atoms with Crippen LogP contribution in [0.2, 0.25) is 0 Å². The van der Waals surface area contributed by atoms with Crippen molar-refractivity contribution in [3.05, 3.63) is 11.8 Å². The summed E-state index contributed by atoms with van der Waals surface area (Å²) >= 11 is 1.16. The average molecular weight is 313 g/mol. The number of anilines is 1. The molecule has 0 aliphatic heterocycles. The first kappa shape index (κ1) is 16.7. The van der Waals surface area contributed by atoms with Gasteiger partial charge in [-0.05, 0) is 6.92 Å². The predicted molar refractivity (Wildman–Crippen MR) is 75.5 cm³/mol. The Labute approximate surface area is 124 Å². The molecule has 1 heterocycles. The summed E-state index contributed by atoms with van der Waals surface area (Å²) in [5.74, 6) is -0.747. The normalized spacial score (nSPS) is 9.95. The number of nitrogen functional groups attached to an aromatic ring is 1. The maximum Gasteiger partial charge on any atom is 0.343 e. The highest BCUT2D eigenvalue weighted by molar-refractivity contribution is 7.99. The Morgan fingerprint density at radius 2 is 2.14 bits per heavy atom. The molecule has 1 aromatic heterocycles. The highest BCUT2D eigenvalue weighted by Crippen LogP contribution is 2.17. The summed E-state index contributed by atoms with van der Waals surface area (Å²) in [6.07, 6.45) is 1.34. The zero-order chi connectivity index (χ0) is 15.8. The molecule has 0 aliphatic carbocycles. The van der Waals surface area contributed by atoms with Crippen LogP contribution in [0.25, 0.3) is 0 Å². The fourth-order valence-electron chi connectivity index (χ4n) is 1.25. The van der Waals surface area contributed by atoms with E-state index in [4.69, 9.17) is 16.2 Å². The van der Waals surface area contributed by atoms with E-state index in [1.54, 1.807) is 6.92 Å². The van der Waals surface area contributed by atoms with Crippen LogP contribution in [0.3, 0.4) is 0 Å². The van der Waals surface area contributed by atoms with E-state index >= 15 is 0 Å². The van der Waals surface area contributed by atoms with Crippen molar-refractivity contribution in [3.8, 4) is 0 Å². The molecular weight excluding hydrogens is 298 g/mol. The number of esters is 1. The Morgan fingerprint density at radius 1 is 1.43 bits per heavy atom. The second kappa shape index (κ2) is 8.04. The van der Waals surface area contributed by atoms with Crippen LogP contribution in [0.15, 0.2) is 11.4 Å². The highest BCUT2D eigenvalue weighted by Gasteiger charge is 2.14. The number of carbonyl (C=O) groups excluding carboxylic acids is 3. The topological polar surface area (TPSA) is 150 Å². The number of imide groups is 1. The van der Waals surface area contributed by atoms with Gasteiger partial charge in [-0.25, -0.2) is 19.6 Å². The van der Waals surface area contributed by atoms with Crippen molar-refractivity contribution in [2.75, 3.05) is 18.1 Å². The second-order valence-electron chi connectivity index (χ2n) is 3.68. The Balaban J connectivity index is 2.54. The maximum atomic E-state index is 11.5. The molecule has 0 aromatic carbocycles. The zero-order valence-electron chi connectivity index (χ0n) is 11.3. The number of thioether (sulfide) groups is 1. The molecule has 9 nitrogen and oxygen atoms in total. The summed E-state index contributed by atoms with van der Waals surface area (Å²) in [6.45, 7) is 1.90. The van der Waals surface area contributed by atoms with Gasteiger partial charge in [-0.3, -0.25) is 10.1 Å². The van der Waals surface area contributed by atoms with Gasteiger partial charge in [0.1, 0.15) is 11.4 Å². The minimum Gasteiger partial charge on any atom is -0.462 e. The number of amides is 3. The molecule has 0 aliphatic rings. The second-order valence-corrected chi connectivity index (χ2v) is 4.74. The first-order valence-electron chi connectivity index (χ1n) is 5.95. The molecule has 10 heteroatoms. The lowest BCUT2D eigenvalue weighted by atomic mass is 10.3. The quantitative estimate of drug-likeness (QED) is 0.374. The first-order chi connectivity index (χ1) is 9.93. The number of nitrogens with two attached hydrogens (primary N) is 2. The van der Waals surface area contributed by atoms with Crippen LogP contribution >= 0.6 is 11.8 Å². The molecule has 21 heavy (non-hydrogen) atoms. The standard InChI is InChI=1S/C11H15N5O4S/c1-2-20-9(18)6-5-14-11(16-8(6)12)21-4-3-7(17)15-10(13)19/h5H,2-4H2,1H3,(H2,12,14,16)(H3,13,15,17,19). The number of aromatic nitrogens is 2. The smallest absolute Gasteiger partial charge is 0.343 e. The molecule has 0 radical (unpaired) electrons. The van der Waals surface area contributed by atoms with Crippen LogP contribution in [0.1, 0.15) is 23.7 Å². The van der Waals surface area contributed by atoms with Crippen LogP contribution in [-0.4, -0.2) is 40.2 Å². The van der Waals surface area contributed by atoms with E-state index in [0.717, 1.165) is 11.8 Å². The fourth-order valence-corrected chi connectivity index (χ4v) is 2.01. The Kier molecular flexibility index (Phi) is 6.40. The third-order valence-electron chi connectivity index (χ3n) is 2.11. The SMILES string of the molecule is CCOC(=O)c1cnc(SCCC(=O)NC(N)=O)nc1N. The third kappa shape index (κ3) is 5.65. The van der Waals surface area contributed by atoms with E-state index in [1.165, 1.54) is 6.20 Å². The molecule has 1 rings (SSSR count). The molecule has 0 atom stereocenters. The number of hydrogen-bond acceptors (Lipinski definition) is 8. The van der Waals surface area contributed by atoms with E-state index in [-0.39, 0.29) is 24.4 Å². The van der Waals surface area contributed by atoms with E-state index in [9.17, 15) is 14.4 Å². The monoisotopic (exact) mass is 313 g/mol. The Bertz CT molecular complexity index is 551. The van der Waals surface area contributed by atoms with Gasteiger partial charge < -0.3 is 16.2 Å². The maximum absolute atomic E-state index is 11.5. The average Bonchev–Trinajstić information content (AvgIpc) is 2.38. The molecule has 0 spiro atoms. The van der Waals surface area contributed by atoms with Gasteiger partial charge in [-0.15, -0.1) is 0 Å². The number of ether oxygens (including phenoxy) is 1. The van der Waals surface area contributed by atoms with Crippen molar-refractivity contribution in [1.82, 2.24) is 15.3 Å². The fraction of sp³-hybridized carbons (Fsp3) is 0.364. The molecule has 0 bridgehead atoms. The summed E-state index contributed by atoms with van der Waals surface area (Å²) in [7, 11) is 0. The van der Waals surface area contributed by atoms with Crippen LogP contribution in [-0.2, 0) is 9.53 Å². The van der Waals surface area contributed by atoms with Gasteiger partial charge in [-0.1, -0.05) is 11.8 Å². The molecule has 5 N–H and O–H groups in total. The van der Waals surface area contributed by atoms with Gasteiger partial charge in [-0.2, -0.15) is 0 Å². The van der Waals surface area contributed by atoms with Gasteiger partial charge in [0.25, 0.3) is 0 Å². The van der Waals surface area contributed by atoms with Crippen molar-refractivity contribution in [2.45, 2.75) is 18.5 Å². The Morgan fingerprint density at radius 3 is 2.71 bits per heavy atom. The van der Waals surface area contributed by atoms with Crippen molar-refractivity contribution in [3.63, 3.8) is 0 Å². The third-order valence-corrected chi connectivity index (χ3v) is 2.98. The van der Waals surface area contributed by atoms with Gasteiger partial charge in [0, 0.05) is 18.4 Å². The lowest BCUT2D eigenvalue weighted by molar-refractivity contribution is -0.119. The van der Waals surface area contributed by atoms with Crippen LogP contribution < -0.4 is 16.8 Å². The summed E-state index contributed by atoms with van der Waals surface area (Å²) in [5.41, 5.74) is 10.5. The van der Waals surface area contributed by atoms with Crippen LogP contribution in [0.5, 0.6) is 0 Å². The number of nitrogens with one attached hydrogen (secondary N) is 1. The zero-order valence-corrected chi connectivity index (χ0v) is 12.1. The van der Waals surface area contributed by atoms with E-state index in [2.05, 4.69) is 9.97 Å². The lowest BCUT2D eigenvalue weighted by Gasteiger charge is -2.05. The van der Waals surface area contributed by atoms with E-state index in [1.807, 2.05) is 5.32 Å². The molecule has 0 unspecified atom stereocenters. The van der Waals surface area contributed by atoms with E-state index < -0.39 is 17.9 Å². The van der Waals surface area contributed by atoms with Crippen LogP contribution in [0, 0.1) is 0 Å². The summed E-state index contributed by atoms with van der Waals surface area (Å²) in [5, 5.41) is 2.25. The molecule has 0 saturated carbocycles. The van der Waals surface area contributed by atoms with Gasteiger partial charge in [0.15, 0.2) is 5.16 Å². The number of urea groups is 1. The van der Waals surface area contributed by atoms with Crippen molar-refractivity contribution in [1.29, 1.82) is 0 Å². The number of hydrogen-bond donors (Lipinski definition) is 3. The molecular formula is C11H15N5O4S. The molecule has 3 amide bonds. The summed E-state index contributed by atoms with van der Waals surface area (Å²) < 4.78 is 4.80. The minimum atomic E-state index is -0.899. The summed E-state index contributed by atoms with van der Waals surface area (Å²) in [6, 6.07) is -0.899. The van der Waals surface area contributed by atoms with Crippen molar-refractivity contribution < 1.29 is 19.1 Å². The highest BCUT2D eigenvalue weighted by atomic mass is 32.2. The van der Waals surface area contributed by atoms with E-state index in [0.29, 0.717) is 10.9 Å². The first-order valence-corrected chi connectivity index (χ1v) is 6.94. The number of rotatable bonds is 6. The molecule has 0 fully saturated rings. The van der Waals surface area contributed by atoms with Crippen molar-refractivity contribution >= 4 is 35.5 Å². The molecule has 1 aromatic rings. The van der Waals surface area contributed by atoms with Crippen LogP contribution in [0.4, 0.5) is 10.6 Å². The summed E-state index contributed by atoms with van der Waals surface area (Å²) in [4.78, 5) is 41.0. The molecule has 114 valence electrons. The predicted octanol–water partition coefficient (Wildman–Crippen LogP) is -0.0874. The molecule has 0 saturated heterocycles.